The molecule has 1 fully saturated rings. The van der Waals surface area contributed by atoms with Gasteiger partial charge >= 0.3 is 0 Å². The van der Waals surface area contributed by atoms with Crippen LogP contribution in [0.1, 0.15) is 60.3 Å². The zero-order valence-electron chi connectivity index (χ0n) is 12.6. The summed E-state index contributed by atoms with van der Waals surface area (Å²) in [6.07, 6.45) is 7.99. The molecule has 0 amide bonds. The van der Waals surface area contributed by atoms with Crippen LogP contribution in [0.25, 0.3) is 0 Å². The van der Waals surface area contributed by atoms with Crippen molar-refractivity contribution in [1.82, 2.24) is 5.32 Å². The van der Waals surface area contributed by atoms with E-state index in [1.165, 1.54) is 31.3 Å². The van der Waals surface area contributed by atoms with Crippen molar-refractivity contribution in [3.05, 3.63) is 11.6 Å². The Labute approximate surface area is 108 Å². The van der Waals surface area contributed by atoms with E-state index < -0.39 is 0 Å². The third-order valence-electron chi connectivity index (χ3n) is 4.35. The molecule has 0 spiro atoms. The first-order valence-corrected chi connectivity index (χ1v) is 7.17. The van der Waals surface area contributed by atoms with Crippen LogP contribution in [0.3, 0.4) is 0 Å². The van der Waals surface area contributed by atoms with Crippen LogP contribution >= 0.6 is 0 Å². The molecule has 1 nitrogen and oxygen atoms in total. The second-order valence-corrected chi connectivity index (χ2v) is 7.04. The van der Waals surface area contributed by atoms with E-state index in [0.29, 0.717) is 11.5 Å². The van der Waals surface area contributed by atoms with Crippen molar-refractivity contribution < 1.29 is 0 Å². The van der Waals surface area contributed by atoms with Crippen molar-refractivity contribution in [1.29, 1.82) is 0 Å². The molecule has 1 unspecified atom stereocenters. The molecule has 1 heteroatoms. The van der Waals surface area contributed by atoms with E-state index in [2.05, 4.69) is 53.1 Å². The van der Waals surface area contributed by atoms with Crippen LogP contribution in [0, 0.1) is 17.3 Å². The highest BCUT2D eigenvalue weighted by molar-refractivity contribution is 5.03. The molecule has 0 aromatic carbocycles. The quantitative estimate of drug-likeness (QED) is 0.718. The Morgan fingerprint density at radius 3 is 2.00 bits per heavy atom. The molecular formula is C16H31N. The standard InChI is InChI=1S/C16H31N/c1-12(2)11-15(17-6)13-7-9-14(10-8-13)16(3,4)5/h11,13-15,17H,7-10H2,1-6H3. The SMILES string of the molecule is CNC(C=C(C)C)C1CCC(C(C)(C)C)CC1. The normalized spacial score (nSPS) is 27.6. The number of rotatable bonds is 3. The lowest BCUT2D eigenvalue weighted by atomic mass is 9.68. The van der Waals surface area contributed by atoms with Gasteiger partial charge in [0, 0.05) is 6.04 Å². The summed E-state index contributed by atoms with van der Waals surface area (Å²) in [7, 11) is 2.10. The highest BCUT2D eigenvalue weighted by atomic mass is 14.9. The Kier molecular flexibility index (Phi) is 5.24. The maximum Gasteiger partial charge on any atom is 0.0277 e. The summed E-state index contributed by atoms with van der Waals surface area (Å²) in [6, 6.07) is 0.584. The fourth-order valence-corrected chi connectivity index (χ4v) is 3.16. The summed E-state index contributed by atoms with van der Waals surface area (Å²) in [4.78, 5) is 0. The predicted octanol–water partition coefficient (Wildman–Crippen LogP) is 4.39. The molecule has 1 saturated carbocycles. The van der Waals surface area contributed by atoms with Crippen LogP contribution in [0.4, 0.5) is 0 Å². The van der Waals surface area contributed by atoms with E-state index >= 15 is 0 Å². The predicted molar refractivity (Wildman–Crippen MR) is 77.2 cm³/mol. The van der Waals surface area contributed by atoms with Gasteiger partial charge in [0.05, 0.1) is 0 Å². The van der Waals surface area contributed by atoms with Gasteiger partial charge in [-0.1, -0.05) is 32.4 Å². The van der Waals surface area contributed by atoms with Gasteiger partial charge in [-0.05, 0) is 63.8 Å². The number of nitrogens with one attached hydrogen (secondary N) is 1. The smallest absolute Gasteiger partial charge is 0.0277 e. The molecule has 0 aromatic heterocycles. The van der Waals surface area contributed by atoms with E-state index in [1.54, 1.807) is 0 Å². The lowest BCUT2D eigenvalue weighted by Crippen LogP contribution is -2.36. The van der Waals surface area contributed by atoms with Crippen molar-refractivity contribution in [2.24, 2.45) is 17.3 Å². The molecule has 0 bridgehead atoms. The average Bonchev–Trinajstić information content (AvgIpc) is 2.24. The first-order chi connectivity index (χ1) is 7.84. The van der Waals surface area contributed by atoms with Gasteiger partial charge in [0.25, 0.3) is 0 Å². The number of allylic oxidation sites excluding steroid dienone is 1. The van der Waals surface area contributed by atoms with Gasteiger partial charge in [0.1, 0.15) is 0 Å². The van der Waals surface area contributed by atoms with Crippen LogP contribution in [-0.4, -0.2) is 13.1 Å². The fourth-order valence-electron chi connectivity index (χ4n) is 3.16. The molecule has 1 rings (SSSR count). The van der Waals surface area contributed by atoms with E-state index in [4.69, 9.17) is 0 Å². The van der Waals surface area contributed by atoms with Gasteiger partial charge < -0.3 is 5.32 Å². The van der Waals surface area contributed by atoms with E-state index in [9.17, 15) is 0 Å². The lowest BCUT2D eigenvalue weighted by molar-refractivity contribution is 0.141. The summed E-state index contributed by atoms with van der Waals surface area (Å²) in [5, 5.41) is 3.48. The number of hydrogen-bond acceptors (Lipinski definition) is 1. The highest BCUT2D eigenvalue weighted by Crippen LogP contribution is 2.40. The van der Waals surface area contributed by atoms with Gasteiger partial charge in [-0.25, -0.2) is 0 Å². The molecule has 0 heterocycles. The van der Waals surface area contributed by atoms with Gasteiger partial charge in [-0.3, -0.25) is 0 Å². The van der Waals surface area contributed by atoms with Crippen LogP contribution in [-0.2, 0) is 0 Å². The average molecular weight is 237 g/mol. The Balaban J connectivity index is 2.53. The first-order valence-electron chi connectivity index (χ1n) is 7.17. The van der Waals surface area contributed by atoms with Crippen molar-refractivity contribution in [2.75, 3.05) is 7.05 Å². The minimum absolute atomic E-state index is 0.497. The molecule has 100 valence electrons. The van der Waals surface area contributed by atoms with Crippen molar-refractivity contribution >= 4 is 0 Å². The van der Waals surface area contributed by atoms with Crippen LogP contribution in [0.5, 0.6) is 0 Å². The molecule has 0 radical (unpaired) electrons. The first kappa shape index (κ1) is 14.8. The zero-order valence-corrected chi connectivity index (χ0v) is 12.6. The molecule has 0 aromatic rings. The summed E-state index contributed by atoms with van der Waals surface area (Å²) in [5.41, 5.74) is 1.93. The van der Waals surface area contributed by atoms with E-state index in [0.717, 1.165) is 11.8 Å². The summed E-state index contributed by atoms with van der Waals surface area (Å²) >= 11 is 0. The number of likely N-dealkylation sites (N-methyl/N-ethyl adjacent to an activating group) is 1. The molecule has 1 N–H and O–H groups in total. The van der Waals surface area contributed by atoms with Gasteiger partial charge in [0.15, 0.2) is 0 Å². The molecule has 1 atom stereocenters. The second kappa shape index (κ2) is 6.04. The second-order valence-electron chi connectivity index (χ2n) is 7.04. The molecule has 0 aliphatic heterocycles. The lowest BCUT2D eigenvalue weighted by Gasteiger charge is -2.39. The topological polar surface area (TPSA) is 12.0 Å². The molecular weight excluding hydrogens is 206 g/mol. The van der Waals surface area contributed by atoms with Crippen LogP contribution < -0.4 is 5.32 Å². The minimum atomic E-state index is 0.497. The largest absolute Gasteiger partial charge is 0.313 e. The van der Waals surface area contributed by atoms with E-state index in [-0.39, 0.29) is 0 Å². The molecule has 17 heavy (non-hydrogen) atoms. The van der Waals surface area contributed by atoms with Crippen molar-refractivity contribution in [2.45, 2.75) is 66.3 Å². The van der Waals surface area contributed by atoms with Gasteiger partial charge in [-0.15, -0.1) is 0 Å². The Hall–Kier alpha value is -0.300. The van der Waals surface area contributed by atoms with Gasteiger partial charge in [-0.2, -0.15) is 0 Å². The van der Waals surface area contributed by atoms with Crippen molar-refractivity contribution in [3.8, 4) is 0 Å². The van der Waals surface area contributed by atoms with E-state index in [1.807, 2.05) is 0 Å². The minimum Gasteiger partial charge on any atom is -0.313 e. The maximum absolute atomic E-state index is 3.48. The summed E-state index contributed by atoms with van der Waals surface area (Å²) < 4.78 is 0. The molecule has 1 aliphatic rings. The Bertz CT molecular complexity index is 247. The third kappa shape index (κ3) is 4.46. The molecule has 1 aliphatic carbocycles. The zero-order chi connectivity index (χ0) is 13.1. The Morgan fingerprint density at radius 1 is 1.12 bits per heavy atom. The number of hydrogen-bond donors (Lipinski definition) is 1. The van der Waals surface area contributed by atoms with Crippen LogP contribution in [0.2, 0.25) is 0 Å². The molecule has 0 saturated heterocycles. The van der Waals surface area contributed by atoms with Crippen LogP contribution in [0.15, 0.2) is 11.6 Å². The summed E-state index contributed by atoms with van der Waals surface area (Å²) in [5.74, 6) is 1.76. The third-order valence-corrected chi connectivity index (χ3v) is 4.35. The summed E-state index contributed by atoms with van der Waals surface area (Å²) in [6.45, 7) is 11.6. The van der Waals surface area contributed by atoms with Gasteiger partial charge in [0.2, 0.25) is 0 Å². The highest BCUT2D eigenvalue weighted by Gasteiger charge is 2.31. The maximum atomic E-state index is 3.48. The Morgan fingerprint density at radius 2 is 1.65 bits per heavy atom. The van der Waals surface area contributed by atoms with Crippen molar-refractivity contribution in [3.63, 3.8) is 0 Å². The fraction of sp³-hybridized carbons (Fsp3) is 0.875. The monoisotopic (exact) mass is 237 g/mol.